The lowest BCUT2D eigenvalue weighted by Crippen LogP contribution is -2.32. The third-order valence-corrected chi connectivity index (χ3v) is 4.65. The van der Waals surface area contributed by atoms with E-state index in [1.165, 1.54) is 17.5 Å². The minimum Gasteiger partial charge on any atom is -0.480 e. The van der Waals surface area contributed by atoms with E-state index in [2.05, 4.69) is 17.4 Å². The minimum atomic E-state index is -0.561. The van der Waals surface area contributed by atoms with E-state index in [9.17, 15) is 4.79 Å². The minimum absolute atomic E-state index is 0.141. The zero-order valence-electron chi connectivity index (χ0n) is 14.2. The number of amides is 1. The molecule has 130 valence electrons. The van der Waals surface area contributed by atoms with Crippen molar-refractivity contribution in [2.75, 3.05) is 12.1 Å². The first-order valence-electron chi connectivity index (χ1n) is 8.72. The highest BCUT2D eigenvalue weighted by atomic mass is 16.7. The standard InChI is InChI=1S/C20H21NO4/c1-2-17(25-16-8-9-18-19(11-16)24-12-23-18)20(22)21-15-7-6-13-4-3-5-14(13)10-15/h6-11,17H,2-5,12H2,1H3,(H,21,22). The van der Waals surface area contributed by atoms with E-state index in [1.54, 1.807) is 18.2 Å². The lowest BCUT2D eigenvalue weighted by atomic mass is 10.1. The first-order valence-corrected chi connectivity index (χ1v) is 8.72. The number of ether oxygens (including phenoxy) is 3. The summed E-state index contributed by atoms with van der Waals surface area (Å²) in [5, 5.41) is 2.98. The number of benzene rings is 2. The van der Waals surface area contributed by atoms with E-state index in [0.717, 1.165) is 18.5 Å². The number of nitrogens with one attached hydrogen (secondary N) is 1. The Kier molecular flexibility index (Phi) is 4.22. The molecule has 0 saturated heterocycles. The van der Waals surface area contributed by atoms with Gasteiger partial charge in [-0.2, -0.15) is 0 Å². The van der Waals surface area contributed by atoms with Gasteiger partial charge in [0.15, 0.2) is 17.6 Å². The average Bonchev–Trinajstić information content (AvgIpc) is 3.27. The molecule has 0 fully saturated rings. The summed E-state index contributed by atoms with van der Waals surface area (Å²) in [5.74, 6) is 1.80. The molecule has 2 aromatic rings. The molecule has 5 nitrogen and oxygen atoms in total. The zero-order valence-corrected chi connectivity index (χ0v) is 14.2. The Morgan fingerprint density at radius 1 is 1.12 bits per heavy atom. The summed E-state index contributed by atoms with van der Waals surface area (Å²) in [4.78, 5) is 12.6. The fraction of sp³-hybridized carbons (Fsp3) is 0.350. The predicted octanol–water partition coefficient (Wildman–Crippen LogP) is 3.70. The Hall–Kier alpha value is -2.69. The Morgan fingerprint density at radius 2 is 1.96 bits per heavy atom. The smallest absolute Gasteiger partial charge is 0.265 e. The maximum absolute atomic E-state index is 12.6. The monoisotopic (exact) mass is 339 g/mol. The Balaban J connectivity index is 1.44. The van der Waals surface area contributed by atoms with Crippen LogP contribution in [0.5, 0.6) is 17.2 Å². The molecule has 0 bridgehead atoms. The highest BCUT2D eigenvalue weighted by Crippen LogP contribution is 2.35. The molecule has 1 unspecified atom stereocenters. The summed E-state index contributed by atoms with van der Waals surface area (Å²) in [6, 6.07) is 11.5. The van der Waals surface area contributed by atoms with Gasteiger partial charge in [0.25, 0.3) is 5.91 Å². The van der Waals surface area contributed by atoms with Crippen molar-refractivity contribution in [1.82, 2.24) is 0 Å². The number of aryl methyl sites for hydroxylation is 2. The van der Waals surface area contributed by atoms with Gasteiger partial charge >= 0.3 is 0 Å². The molecular formula is C20H21NO4. The number of hydrogen-bond acceptors (Lipinski definition) is 4. The predicted molar refractivity (Wildman–Crippen MR) is 94.4 cm³/mol. The van der Waals surface area contributed by atoms with E-state index in [1.807, 2.05) is 13.0 Å². The summed E-state index contributed by atoms with van der Waals surface area (Å²) in [5.41, 5.74) is 3.56. The van der Waals surface area contributed by atoms with E-state index in [-0.39, 0.29) is 12.7 Å². The quantitative estimate of drug-likeness (QED) is 0.902. The Bertz CT molecular complexity index is 802. The molecule has 2 aliphatic rings. The highest BCUT2D eigenvalue weighted by Gasteiger charge is 2.21. The number of anilines is 1. The van der Waals surface area contributed by atoms with Gasteiger partial charge in [0.05, 0.1) is 0 Å². The number of rotatable bonds is 5. The van der Waals surface area contributed by atoms with Gasteiger partial charge in [-0.3, -0.25) is 4.79 Å². The summed E-state index contributed by atoms with van der Waals surface area (Å²) >= 11 is 0. The lowest BCUT2D eigenvalue weighted by Gasteiger charge is -2.18. The van der Waals surface area contributed by atoms with Gasteiger partial charge in [-0.1, -0.05) is 13.0 Å². The molecule has 25 heavy (non-hydrogen) atoms. The number of carbonyl (C=O) groups excluding carboxylic acids is 1. The van der Waals surface area contributed by atoms with Crippen molar-refractivity contribution in [3.8, 4) is 17.2 Å². The van der Waals surface area contributed by atoms with Crippen molar-refractivity contribution in [3.63, 3.8) is 0 Å². The van der Waals surface area contributed by atoms with Crippen molar-refractivity contribution >= 4 is 11.6 Å². The maximum Gasteiger partial charge on any atom is 0.265 e. The summed E-state index contributed by atoms with van der Waals surface area (Å²) < 4.78 is 16.5. The van der Waals surface area contributed by atoms with Crippen LogP contribution in [0.15, 0.2) is 36.4 Å². The molecule has 4 rings (SSSR count). The lowest BCUT2D eigenvalue weighted by molar-refractivity contribution is -0.122. The molecule has 0 saturated carbocycles. The molecule has 1 atom stereocenters. The van der Waals surface area contributed by atoms with Crippen LogP contribution in [0.2, 0.25) is 0 Å². The van der Waals surface area contributed by atoms with Crippen LogP contribution in [-0.4, -0.2) is 18.8 Å². The first-order chi connectivity index (χ1) is 12.2. The topological polar surface area (TPSA) is 56.8 Å². The van der Waals surface area contributed by atoms with Gasteiger partial charge in [-0.15, -0.1) is 0 Å². The van der Waals surface area contributed by atoms with E-state index >= 15 is 0 Å². The zero-order chi connectivity index (χ0) is 17.2. The molecule has 1 N–H and O–H groups in total. The maximum atomic E-state index is 12.6. The van der Waals surface area contributed by atoms with Crippen LogP contribution in [-0.2, 0) is 17.6 Å². The highest BCUT2D eigenvalue weighted by molar-refractivity contribution is 5.94. The van der Waals surface area contributed by atoms with E-state index in [0.29, 0.717) is 23.7 Å². The Labute approximate surface area is 146 Å². The molecule has 1 heterocycles. The van der Waals surface area contributed by atoms with Crippen LogP contribution in [0.3, 0.4) is 0 Å². The van der Waals surface area contributed by atoms with Crippen molar-refractivity contribution in [3.05, 3.63) is 47.5 Å². The molecular weight excluding hydrogens is 318 g/mol. The molecule has 0 spiro atoms. The number of hydrogen-bond donors (Lipinski definition) is 1. The van der Waals surface area contributed by atoms with Crippen LogP contribution in [0.25, 0.3) is 0 Å². The summed E-state index contributed by atoms with van der Waals surface area (Å²) in [6.45, 7) is 2.15. The van der Waals surface area contributed by atoms with Crippen LogP contribution >= 0.6 is 0 Å². The third kappa shape index (κ3) is 3.27. The van der Waals surface area contributed by atoms with E-state index < -0.39 is 6.10 Å². The third-order valence-electron chi connectivity index (χ3n) is 4.65. The molecule has 2 aromatic carbocycles. The van der Waals surface area contributed by atoms with Crippen LogP contribution in [0.4, 0.5) is 5.69 Å². The SMILES string of the molecule is CCC(Oc1ccc2c(c1)OCO2)C(=O)Nc1ccc2c(c1)CCC2. The van der Waals surface area contributed by atoms with Gasteiger partial charge in [-0.25, -0.2) is 0 Å². The van der Waals surface area contributed by atoms with Gasteiger partial charge in [0.1, 0.15) is 5.75 Å². The molecule has 0 radical (unpaired) electrons. The molecule has 0 aromatic heterocycles. The largest absolute Gasteiger partial charge is 0.480 e. The second kappa shape index (κ2) is 6.67. The number of fused-ring (bicyclic) bond motifs is 2. The second-order valence-electron chi connectivity index (χ2n) is 6.36. The van der Waals surface area contributed by atoms with Gasteiger partial charge in [-0.05, 0) is 61.1 Å². The molecule has 5 heteroatoms. The van der Waals surface area contributed by atoms with Crippen LogP contribution in [0.1, 0.15) is 30.9 Å². The summed E-state index contributed by atoms with van der Waals surface area (Å²) in [7, 11) is 0. The normalized spacial score (nSPS) is 15.6. The van der Waals surface area contributed by atoms with Crippen LogP contribution in [0, 0.1) is 0 Å². The van der Waals surface area contributed by atoms with Crippen molar-refractivity contribution < 1.29 is 19.0 Å². The summed E-state index contributed by atoms with van der Waals surface area (Å²) in [6.07, 6.45) is 3.43. The second-order valence-corrected chi connectivity index (χ2v) is 6.36. The van der Waals surface area contributed by atoms with E-state index in [4.69, 9.17) is 14.2 Å². The fourth-order valence-corrected chi connectivity index (χ4v) is 3.31. The van der Waals surface area contributed by atoms with Crippen molar-refractivity contribution in [1.29, 1.82) is 0 Å². The molecule has 1 amide bonds. The van der Waals surface area contributed by atoms with Gasteiger partial charge in [0, 0.05) is 11.8 Å². The van der Waals surface area contributed by atoms with Gasteiger partial charge < -0.3 is 19.5 Å². The molecule has 1 aliphatic carbocycles. The van der Waals surface area contributed by atoms with Gasteiger partial charge in [0.2, 0.25) is 6.79 Å². The Morgan fingerprint density at radius 3 is 2.84 bits per heavy atom. The number of carbonyl (C=O) groups is 1. The average molecular weight is 339 g/mol. The van der Waals surface area contributed by atoms with Crippen LogP contribution < -0.4 is 19.5 Å². The first kappa shape index (κ1) is 15.8. The fourth-order valence-electron chi connectivity index (χ4n) is 3.31. The molecule has 1 aliphatic heterocycles. The van der Waals surface area contributed by atoms with Crippen molar-refractivity contribution in [2.24, 2.45) is 0 Å². The van der Waals surface area contributed by atoms with Crippen molar-refractivity contribution in [2.45, 2.75) is 38.7 Å².